The number of hydrogen-bond acceptors (Lipinski definition) is 1. The van der Waals surface area contributed by atoms with Gasteiger partial charge in [0.05, 0.1) is 0 Å². The smallest absolute Gasteiger partial charge is 0.0488 e. The van der Waals surface area contributed by atoms with E-state index in [1.54, 1.807) is 0 Å². The molecule has 0 saturated carbocycles. The summed E-state index contributed by atoms with van der Waals surface area (Å²) in [5.74, 6) is 0. The molecule has 0 saturated heterocycles. The summed E-state index contributed by atoms with van der Waals surface area (Å²) in [6.07, 6.45) is 0. The molecule has 0 aromatic heterocycles. The molecule has 4 rings (SSSR count). The predicted molar refractivity (Wildman–Crippen MR) is 117 cm³/mol. The van der Waals surface area contributed by atoms with Crippen LogP contribution in [0.5, 0.6) is 0 Å². The van der Waals surface area contributed by atoms with Crippen molar-refractivity contribution in [1.82, 2.24) is 0 Å². The minimum absolute atomic E-state index is 1.20. The monoisotopic (exact) mass is 349 g/mol. The number of nitrogens with zero attached hydrogens (tertiary/aromatic N) is 1. The zero-order valence-electron chi connectivity index (χ0n) is 15.8. The third kappa shape index (κ3) is 3.50. The predicted octanol–water partition coefficient (Wildman–Crippen LogP) is 7.10. The maximum absolute atomic E-state index is 2.30. The van der Waals surface area contributed by atoms with E-state index in [2.05, 4.69) is 122 Å². The highest BCUT2D eigenvalue weighted by Gasteiger charge is 2.14. The lowest BCUT2D eigenvalue weighted by molar-refractivity contribution is 1.21. The van der Waals surface area contributed by atoms with E-state index in [9.17, 15) is 0 Å². The summed E-state index contributed by atoms with van der Waals surface area (Å²) in [6, 6.07) is 36.5. The Kier molecular flexibility index (Phi) is 4.76. The summed E-state index contributed by atoms with van der Waals surface area (Å²) in [5.41, 5.74) is 8.62. The minimum Gasteiger partial charge on any atom is -0.344 e. The van der Waals surface area contributed by atoms with Gasteiger partial charge in [-0.15, -0.1) is 0 Å². The van der Waals surface area contributed by atoms with Crippen molar-refractivity contribution in [1.29, 1.82) is 0 Å². The zero-order chi connectivity index (χ0) is 18.6. The SMILES string of the molecule is Cc1ccc(N(C)c2ccccc2-c2ccccc2)c(-c2ccccc2)c1. The number of para-hydroxylation sites is 1. The van der Waals surface area contributed by atoms with Crippen LogP contribution < -0.4 is 4.90 Å². The number of benzene rings is 4. The molecule has 0 unspecified atom stereocenters. The first-order valence-corrected chi connectivity index (χ1v) is 9.28. The van der Waals surface area contributed by atoms with Gasteiger partial charge in [0.15, 0.2) is 0 Å². The third-order valence-electron chi connectivity index (χ3n) is 4.95. The summed E-state index contributed by atoms with van der Waals surface area (Å²) >= 11 is 0. The zero-order valence-corrected chi connectivity index (χ0v) is 15.8. The van der Waals surface area contributed by atoms with Gasteiger partial charge in [0, 0.05) is 29.5 Å². The Morgan fingerprint density at radius 2 is 1.04 bits per heavy atom. The molecular formula is C26H23N. The van der Waals surface area contributed by atoms with Gasteiger partial charge in [0.25, 0.3) is 0 Å². The second kappa shape index (κ2) is 7.51. The quantitative estimate of drug-likeness (QED) is 0.380. The van der Waals surface area contributed by atoms with E-state index in [0.29, 0.717) is 0 Å². The molecule has 0 radical (unpaired) electrons. The fraction of sp³-hybridized carbons (Fsp3) is 0.0769. The maximum atomic E-state index is 2.30. The van der Waals surface area contributed by atoms with Crippen LogP contribution >= 0.6 is 0 Å². The van der Waals surface area contributed by atoms with Gasteiger partial charge in [-0.2, -0.15) is 0 Å². The van der Waals surface area contributed by atoms with E-state index in [4.69, 9.17) is 0 Å². The van der Waals surface area contributed by atoms with Crippen LogP contribution in [0.2, 0.25) is 0 Å². The van der Waals surface area contributed by atoms with Crippen molar-refractivity contribution >= 4 is 11.4 Å². The highest BCUT2D eigenvalue weighted by molar-refractivity contribution is 5.88. The van der Waals surface area contributed by atoms with Crippen molar-refractivity contribution < 1.29 is 0 Å². The molecule has 0 fully saturated rings. The molecule has 0 heterocycles. The normalized spacial score (nSPS) is 10.6. The molecule has 0 aliphatic rings. The standard InChI is InChI=1S/C26H23N/c1-20-17-18-26(24(19-20)22-13-7-4-8-14-22)27(2)25-16-10-9-15-23(25)21-11-5-3-6-12-21/h3-19H,1-2H3. The van der Waals surface area contributed by atoms with Crippen LogP contribution in [0.25, 0.3) is 22.3 Å². The largest absolute Gasteiger partial charge is 0.344 e. The van der Waals surface area contributed by atoms with Crippen LogP contribution in [0.4, 0.5) is 11.4 Å². The molecule has 1 heteroatoms. The summed E-state index contributed by atoms with van der Waals surface area (Å²) in [5, 5.41) is 0. The number of hydrogen-bond donors (Lipinski definition) is 0. The van der Waals surface area contributed by atoms with Crippen molar-refractivity contribution in [3.05, 3.63) is 109 Å². The Hall–Kier alpha value is -3.32. The lowest BCUT2D eigenvalue weighted by Gasteiger charge is -2.26. The highest BCUT2D eigenvalue weighted by atomic mass is 15.1. The molecular weight excluding hydrogens is 326 g/mol. The second-order valence-corrected chi connectivity index (χ2v) is 6.83. The first-order valence-electron chi connectivity index (χ1n) is 9.28. The maximum Gasteiger partial charge on any atom is 0.0488 e. The van der Waals surface area contributed by atoms with Gasteiger partial charge in [-0.3, -0.25) is 0 Å². The van der Waals surface area contributed by atoms with E-state index in [-0.39, 0.29) is 0 Å². The van der Waals surface area contributed by atoms with E-state index in [0.717, 1.165) is 0 Å². The minimum atomic E-state index is 1.20. The summed E-state index contributed by atoms with van der Waals surface area (Å²) in [4.78, 5) is 2.30. The molecule has 27 heavy (non-hydrogen) atoms. The van der Waals surface area contributed by atoms with Crippen LogP contribution in [0.15, 0.2) is 103 Å². The molecule has 4 aromatic carbocycles. The molecule has 0 atom stereocenters. The van der Waals surface area contributed by atoms with Gasteiger partial charge in [0.2, 0.25) is 0 Å². The summed E-state index contributed by atoms with van der Waals surface area (Å²) < 4.78 is 0. The average Bonchev–Trinajstić information content (AvgIpc) is 2.74. The number of anilines is 2. The van der Waals surface area contributed by atoms with Crippen LogP contribution in [0.3, 0.4) is 0 Å². The number of rotatable bonds is 4. The van der Waals surface area contributed by atoms with Crippen LogP contribution in [-0.4, -0.2) is 7.05 Å². The molecule has 0 aliphatic heterocycles. The lowest BCUT2D eigenvalue weighted by atomic mass is 9.98. The van der Waals surface area contributed by atoms with Crippen LogP contribution in [0, 0.1) is 6.92 Å². The molecule has 0 bridgehead atoms. The Morgan fingerprint density at radius 3 is 1.70 bits per heavy atom. The first-order chi connectivity index (χ1) is 13.2. The van der Waals surface area contributed by atoms with Crippen LogP contribution in [-0.2, 0) is 0 Å². The highest BCUT2D eigenvalue weighted by Crippen LogP contribution is 2.39. The van der Waals surface area contributed by atoms with Gasteiger partial charge < -0.3 is 4.90 Å². The fourth-order valence-electron chi connectivity index (χ4n) is 3.55. The fourth-order valence-corrected chi connectivity index (χ4v) is 3.55. The topological polar surface area (TPSA) is 3.24 Å². The van der Waals surface area contributed by atoms with Crippen molar-refractivity contribution in [2.75, 3.05) is 11.9 Å². The van der Waals surface area contributed by atoms with Crippen molar-refractivity contribution in [2.24, 2.45) is 0 Å². The van der Waals surface area contributed by atoms with E-state index in [1.165, 1.54) is 39.2 Å². The van der Waals surface area contributed by atoms with Gasteiger partial charge in [-0.1, -0.05) is 90.5 Å². The second-order valence-electron chi connectivity index (χ2n) is 6.83. The lowest BCUT2D eigenvalue weighted by Crippen LogP contribution is -2.12. The van der Waals surface area contributed by atoms with Crippen LogP contribution in [0.1, 0.15) is 5.56 Å². The van der Waals surface area contributed by atoms with E-state index in [1.807, 2.05) is 0 Å². The average molecular weight is 349 g/mol. The van der Waals surface area contributed by atoms with Gasteiger partial charge in [-0.05, 0) is 36.2 Å². The van der Waals surface area contributed by atoms with Gasteiger partial charge in [-0.25, -0.2) is 0 Å². The molecule has 0 amide bonds. The van der Waals surface area contributed by atoms with Gasteiger partial charge >= 0.3 is 0 Å². The third-order valence-corrected chi connectivity index (χ3v) is 4.95. The van der Waals surface area contributed by atoms with Crippen molar-refractivity contribution in [3.63, 3.8) is 0 Å². The van der Waals surface area contributed by atoms with Gasteiger partial charge in [0.1, 0.15) is 0 Å². The van der Waals surface area contributed by atoms with E-state index < -0.39 is 0 Å². The molecule has 0 N–H and O–H groups in total. The van der Waals surface area contributed by atoms with E-state index >= 15 is 0 Å². The molecule has 0 aliphatic carbocycles. The Bertz CT molecular complexity index is 1040. The Labute approximate surface area is 161 Å². The summed E-state index contributed by atoms with van der Waals surface area (Å²) in [6.45, 7) is 2.15. The molecule has 4 aromatic rings. The Morgan fingerprint density at radius 1 is 0.519 bits per heavy atom. The van der Waals surface area contributed by atoms with Crippen molar-refractivity contribution in [3.8, 4) is 22.3 Å². The summed E-state index contributed by atoms with van der Waals surface area (Å²) in [7, 11) is 2.15. The first kappa shape index (κ1) is 17.1. The molecule has 1 nitrogen and oxygen atoms in total. The van der Waals surface area contributed by atoms with Crippen molar-refractivity contribution in [2.45, 2.75) is 6.92 Å². The molecule has 0 spiro atoms. The molecule has 132 valence electrons. The number of aryl methyl sites for hydroxylation is 1. The Balaban J connectivity index is 1.85.